The Kier molecular flexibility index (Phi) is 6.32. The molecule has 4 heterocycles. The lowest BCUT2D eigenvalue weighted by atomic mass is 9.63. The fourth-order valence-electron chi connectivity index (χ4n) is 6.03. The Morgan fingerprint density at radius 2 is 1.81 bits per heavy atom. The van der Waals surface area contributed by atoms with Gasteiger partial charge in [0.2, 0.25) is 0 Å². The number of fused-ring (bicyclic) bond motifs is 3. The van der Waals surface area contributed by atoms with Crippen LogP contribution in [0.2, 0.25) is 0 Å². The van der Waals surface area contributed by atoms with Crippen molar-refractivity contribution in [1.82, 2.24) is 29.2 Å². The molecule has 2 aliphatic rings. The zero-order valence-corrected chi connectivity index (χ0v) is 22.1. The van der Waals surface area contributed by atoms with Gasteiger partial charge in [-0.05, 0) is 81.8 Å². The Morgan fingerprint density at radius 1 is 1.03 bits per heavy atom. The molecule has 1 aromatic carbocycles. The molecular formula is C29H36N6O2. The summed E-state index contributed by atoms with van der Waals surface area (Å²) >= 11 is 0. The number of piperidine rings is 1. The third-order valence-electron chi connectivity index (χ3n) is 8.57. The SMILES string of the molecule is CC(C)n1c(=O)n(C)c2nnc3ccc(-c4ccc(COCCN5CCC6(CCC6)CC5)nc4)cc3c21. The number of nitrogens with zero attached hydrogens (tertiary/aromatic N) is 6. The summed E-state index contributed by atoms with van der Waals surface area (Å²) in [5.74, 6) is 0. The van der Waals surface area contributed by atoms with E-state index in [1.165, 1.54) is 45.2 Å². The van der Waals surface area contributed by atoms with Crippen LogP contribution in [0.25, 0.3) is 33.2 Å². The first-order chi connectivity index (χ1) is 17.9. The van der Waals surface area contributed by atoms with Crippen molar-refractivity contribution >= 4 is 22.1 Å². The summed E-state index contributed by atoms with van der Waals surface area (Å²) < 4.78 is 9.33. The lowest BCUT2D eigenvalue weighted by molar-refractivity contribution is 0.0168. The van der Waals surface area contributed by atoms with Crippen molar-refractivity contribution < 1.29 is 4.74 Å². The number of hydrogen-bond acceptors (Lipinski definition) is 6. The van der Waals surface area contributed by atoms with Gasteiger partial charge in [-0.1, -0.05) is 18.6 Å². The van der Waals surface area contributed by atoms with E-state index in [0.29, 0.717) is 17.7 Å². The molecule has 2 fully saturated rings. The van der Waals surface area contributed by atoms with Crippen molar-refractivity contribution in [1.29, 1.82) is 0 Å². The number of hydrogen-bond donors (Lipinski definition) is 0. The lowest BCUT2D eigenvalue weighted by Crippen LogP contribution is -2.44. The number of ether oxygens (including phenoxy) is 1. The van der Waals surface area contributed by atoms with Crippen molar-refractivity contribution in [2.75, 3.05) is 26.2 Å². The summed E-state index contributed by atoms with van der Waals surface area (Å²) in [6, 6.07) is 10.2. The molecular weight excluding hydrogens is 464 g/mol. The van der Waals surface area contributed by atoms with Crippen LogP contribution >= 0.6 is 0 Å². The molecule has 8 nitrogen and oxygen atoms in total. The maximum absolute atomic E-state index is 12.8. The standard InChI is InChI=1S/C29H36N6O2/c1-20(2)35-26-24-17-21(6-8-25(24)31-32-27(26)33(3)28(35)36)22-5-7-23(30-18-22)19-37-16-15-34-13-11-29(12-14-34)9-4-10-29/h5-8,17-18,20H,4,9-16,19H2,1-3H3. The minimum absolute atomic E-state index is 0.0162. The Morgan fingerprint density at radius 3 is 2.49 bits per heavy atom. The molecule has 3 aromatic heterocycles. The summed E-state index contributed by atoms with van der Waals surface area (Å²) in [6.45, 7) is 8.73. The average Bonchev–Trinajstić information content (AvgIpc) is 3.16. The van der Waals surface area contributed by atoms with Gasteiger partial charge in [0.15, 0.2) is 5.65 Å². The predicted octanol–water partition coefficient (Wildman–Crippen LogP) is 4.71. The van der Waals surface area contributed by atoms with Gasteiger partial charge in [-0.25, -0.2) is 4.79 Å². The second-order valence-electron chi connectivity index (χ2n) is 11.2. The summed E-state index contributed by atoms with van der Waals surface area (Å²) in [7, 11) is 1.75. The molecule has 37 heavy (non-hydrogen) atoms. The van der Waals surface area contributed by atoms with Crippen LogP contribution in [-0.4, -0.2) is 55.5 Å². The summed E-state index contributed by atoms with van der Waals surface area (Å²) in [6.07, 6.45) is 8.95. The predicted molar refractivity (Wildman–Crippen MR) is 146 cm³/mol. The molecule has 194 valence electrons. The molecule has 0 amide bonds. The van der Waals surface area contributed by atoms with Crippen LogP contribution in [0.4, 0.5) is 0 Å². The molecule has 0 radical (unpaired) electrons. The van der Waals surface area contributed by atoms with Crippen LogP contribution in [-0.2, 0) is 18.4 Å². The van der Waals surface area contributed by atoms with Crippen LogP contribution in [0.5, 0.6) is 0 Å². The van der Waals surface area contributed by atoms with Crippen LogP contribution in [0, 0.1) is 5.41 Å². The molecule has 0 N–H and O–H groups in total. The highest BCUT2D eigenvalue weighted by Gasteiger charge is 2.39. The number of benzene rings is 1. The van der Waals surface area contributed by atoms with Crippen molar-refractivity contribution in [3.8, 4) is 11.1 Å². The van der Waals surface area contributed by atoms with Crippen LogP contribution in [0.15, 0.2) is 41.3 Å². The van der Waals surface area contributed by atoms with Gasteiger partial charge in [-0.2, -0.15) is 0 Å². The normalized spacial score (nSPS) is 17.7. The Labute approximate surface area is 217 Å². The number of imidazole rings is 1. The Bertz CT molecular complexity index is 1470. The molecule has 1 aliphatic heterocycles. The molecule has 4 aromatic rings. The van der Waals surface area contributed by atoms with Crippen LogP contribution in [0.1, 0.15) is 57.7 Å². The van der Waals surface area contributed by atoms with Crippen molar-refractivity contribution in [2.24, 2.45) is 12.5 Å². The van der Waals surface area contributed by atoms with Gasteiger partial charge in [0.25, 0.3) is 0 Å². The minimum atomic E-state index is -0.0780. The highest BCUT2D eigenvalue weighted by atomic mass is 16.5. The smallest absolute Gasteiger partial charge is 0.330 e. The van der Waals surface area contributed by atoms with Crippen molar-refractivity contribution in [3.05, 3.63) is 52.7 Å². The minimum Gasteiger partial charge on any atom is -0.374 e. The van der Waals surface area contributed by atoms with Gasteiger partial charge in [-0.3, -0.25) is 14.1 Å². The average molecular weight is 501 g/mol. The van der Waals surface area contributed by atoms with Gasteiger partial charge in [0.1, 0.15) is 5.52 Å². The van der Waals surface area contributed by atoms with Gasteiger partial charge in [0, 0.05) is 36.8 Å². The fourth-order valence-corrected chi connectivity index (χ4v) is 6.03. The first-order valence-electron chi connectivity index (χ1n) is 13.6. The van der Waals surface area contributed by atoms with Crippen molar-refractivity contribution in [2.45, 2.75) is 58.6 Å². The van der Waals surface area contributed by atoms with E-state index in [4.69, 9.17) is 4.74 Å². The van der Waals surface area contributed by atoms with E-state index in [-0.39, 0.29) is 11.7 Å². The first-order valence-corrected chi connectivity index (χ1v) is 13.6. The second-order valence-corrected chi connectivity index (χ2v) is 11.2. The largest absolute Gasteiger partial charge is 0.374 e. The maximum atomic E-state index is 12.8. The zero-order chi connectivity index (χ0) is 25.6. The highest BCUT2D eigenvalue weighted by Crippen LogP contribution is 2.48. The fraction of sp³-hybridized carbons (Fsp3) is 0.517. The molecule has 6 rings (SSSR count). The molecule has 1 saturated heterocycles. The molecule has 8 heteroatoms. The zero-order valence-electron chi connectivity index (χ0n) is 22.1. The van der Waals surface area contributed by atoms with Gasteiger partial charge in [-0.15, -0.1) is 10.2 Å². The third kappa shape index (κ3) is 4.46. The summed E-state index contributed by atoms with van der Waals surface area (Å²) in [4.78, 5) is 20.0. The molecule has 0 unspecified atom stereocenters. The third-order valence-corrected chi connectivity index (χ3v) is 8.57. The number of aromatic nitrogens is 5. The van der Waals surface area contributed by atoms with Crippen molar-refractivity contribution in [3.63, 3.8) is 0 Å². The summed E-state index contributed by atoms with van der Waals surface area (Å²) in [5, 5.41) is 9.61. The van der Waals surface area contributed by atoms with E-state index in [1.807, 2.05) is 38.2 Å². The summed E-state index contributed by atoms with van der Waals surface area (Å²) in [5.41, 5.74) is 5.79. The monoisotopic (exact) mass is 500 g/mol. The molecule has 1 aliphatic carbocycles. The quantitative estimate of drug-likeness (QED) is 0.342. The topological polar surface area (TPSA) is 78.1 Å². The number of pyridine rings is 1. The van der Waals surface area contributed by atoms with Crippen LogP contribution < -0.4 is 5.69 Å². The maximum Gasteiger partial charge on any atom is 0.330 e. The van der Waals surface area contributed by atoms with Gasteiger partial charge >= 0.3 is 5.69 Å². The molecule has 0 bridgehead atoms. The van der Waals surface area contributed by atoms with E-state index in [1.54, 1.807) is 16.2 Å². The van der Waals surface area contributed by atoms with Crippen LogP contribution in [0.3, 0.4) is 0 Å². The number of aryl methyl sites for hydroxylation is 1. The van der Waals surface area contributed by atoms with Gasteiger partial charge < -0.3 is 9.64 Å². The van der Waals surface area contributed by atoms with Gasteiger partial charge in [0.05, 0.1) is 24.4 Å². The van der Waals surface area contributed by atoms with E-state index in [9.17, 15) is 4.79 Å². The molecule has 1 spiro atoms. The lowest BCUT2D eigenvalue weighted by Gasteiger charge is -2.48. The Hall–Kier alpha value is -3.10. The number of likely N-dealkylation sites (tertiary alicyclic amines) is 1. The van der Waals surface area contributed by atoms with E-state index in [2.05, 4.69) is 32.2 Å². The number of rotatable bonds is 7. The first kappa shape index (κ1) is 24.2. The van der Waals surface area contributed by atoms with E-state index >= 15 is 0 Å². The molecule has 0 atom stereocenters. The second kappa shape index (κ2) is 9.65. The van der Waals surface area contributed by atoms with E-state index < -0.39 is 0 Å². The highest BCUT2D eigenvalue weighted by molar-refractivity contribution is 6.02. The Balaban J connectivity index is 1.13. The molecule has 1 saturated carbocycles. The van der Waals surface area contributed by atoms with E-state index in [0.717, 1.165) is 46.4 Å².